The van der Waals surface area contributed by atoms with E-state index in [0.717, 1.165) is 0 Å². The summed E-state index contributed by atoms with van der Waals surface area (Å²) < 4.78 is 0. The molecule has 196 valence electrons. The maximum absolute atomic E-state index is 3.79. The highest BCUT2D eigenvalue weighted by atomic mass is 14.0. The predicted molar refractivity (Wildman–Crippen MR) is 154 cm³/mol. The maximum atomic E-state index is 3.79. The van der Waals surface area contributed by atoms with Gasteiger partial charge in [0.05, 0.1) is 0 Å². The molecular weight excluding hydrogens is 396 g/mol. The number of hydrogen-bond donors (Lipinski definition) is 0. The molecule has 0 bridgehead atoms. The minimum Gasteiger partial charge on any atom is -0.103 e. The standard InChI is InChI=1S/C33H64/c1-3-5-7-9-11-13-15-17-19-21-23-25-27-29-31-33-32-30-28-26-24-22-20-18-16-14-12-10-8-6-4-2/h3,32-33H,1,4-31H2,2H3. The van der Waals surface area contributed by atoms with E-state index in [1.54, 1.807) is 0 Å². The summed E-state index contributed by atoms with van der Waals surface area (Å²) in [7, 11) is 0. The molecular formula is C33H64. The summed E-state index contributed by atoms with van der Waals surface area (Å²) in [5, 5.41) is 0. The van der Waals surface area contributed by atoms with E-state index in [9.17, 15) is 0 Å². The second-order valence-corrected chi connectivity index (χ2v) is 10.6. The van der Waals surface area contributed by atoms with Crippen LogP contribution in [0.1, 0.15) is 187 Å². The quantitative estimate of drug-likeness (QED) is 0.0768. The van der Waals surface area contributed by atoms with Crippen LogP contribution in [0.4, 0.5) is 0 Å². The Morgan fingerprint density at radius 3 is 0.848 bits per heavy atom. The van der Waals surface area contributed by atoms with Crippen molar-refractivity contribution >= 4 is 0 Å². The largest absolute Gasteiger partial charge is 0.103 e. The van der Waals surface area contributed by atoms with E-state index < -0.39 is 0 Å². The molecule has 0 fully saturated rings. The van der Waals surface area contributed by atoms with Crippen molar-refractivity contribution in [1.82, 2.24) is 0 Å². The predicted octanol–water partition coefficient (Wildman–Crippen LogP) is 12.7. The van der Waals surface area contributed by atoms with Crippen LogP contribution in [0.5, 0.6) is 0 Å². The van der Waals surface area contributed by atoms with Gasteiger partial charge in [-0.1, -0.05) is 166 Å². The highest BCUT2D eigenvalue weighted by Gasteiger charge is 1.95. The Morgan fingerprint density at radius 2 is 0.576 bits per heavy atom. The van der Waals surface area contributed by atoms with Crippen molar-refractivity contribution < 1.29 is 0 Å². The van der Waals surface area contributed by atoms with Gasteiger partial charge >= 0.3 is 0 Å². The molecule has 0 saturated carbocycles. The van der Waals surface area contributed by atoms with Gasteiger partial charge in [-0.05, 0) is 38.5 Å². The van der Waals surface area contributed by atoms with Crippen molar-refractivity contribution in [1.29, 1.82) is 0 Å². The molecule has 0 aromatic heterocycles. The third-order valence-corrected chi connectivity index (χ3v) is 7.17. The lowest BCUT2D eigenvalue weighted by Crippen LogP contribution is -1.83. The average Bonchev–Trinajstić information content (AvgIpc) is 2.83. The van der Waals surface area contributed by atoms with Crippen LogP contribution in [-0.4, -0.2) is 0 Å². The number of rotatable bonds is 29. The molecule has 0 amide bonds. The monoisotopic (exact) mass is 461 g/mol. The van der Waals surface area contributed by atoms with E-state index in [1.165, 1.54) is 180 Å². The molecule has 33 heavy (non-hydrogen) atoms. The van der Waals surface area contributed by atoms with E-state index in [-0.39, 0.29) is 0 Å². The zero-order valence-corrected chi connectivity index (χ0v) is 23.2. The van der Waals surface area contributed by atoms with Gasteiger partial charge in [0.2, 0.25) is 0 Å². The Kier molecular flexibility index (Phi) is 31.0. The third-order valence-electron chi connectivity index (χ3n) is 7.17. The summed E-state index contributed by atoms with van der Waals surface area (Å²) in [6.07, 6.45) is 46.9. The van der Waals surface area contributed by atoms with Gasteiger partial charge in [0, 0.05) is 0 Å². The van der Waals surface area contributed by atoms with Crippen molar-refractivity contribution in [2.24, 2.45) is 0 Å². The van der Waals surface area contributed by atoms with Crippen LogP contribution in [0, 0.1) is 0 Å². The molecule has 0 aromatic rings. The fourth-order valence-electron chi connectivity index (χ4n) is 4.83. The number of allylic oxidation sites excluding steroid dienone is 3. The van der Waals surface area contributed by atoms with Crippen molar-refractivity contribution in [3.05, 3.63) is 24.8 Å². The fourth-order valence-corrected chi connectivity index (χ4v) is 4.83. The summed E-state index contributed by atoms with van der Waals surface area (Å²) >= 11 is 0. The van der Waals surface area contributed by atoms with E-state index in [2.05, 4.69) is 31.7 Å². The van der Waals surface area contributed by atoms with Crippen LogP contribution in [0.15, 0.2) is 24.8 Å². The Labute approximate surface area is 211 Å². The van der Waals surface area contributed by atoms with E-state index in [0.29, 0.717) is 0 Å². The molecule has 0 N–H and O–H groups in total. The van der Waals surface area contributed by atoms with E-state index in [4.69, 9.17) is 0 Å². The van der Waals surface area contributed by atoms with Crippen LogP contribution < -0.4 is 0 Å². The Balaban J connectivity index is 3.07. The van der Waals surface area contributed by atoms with Gasteiger partial charge in [-0.3, -0.25) is 0 Å². The van der Waals surface area contributed by atoms with Crippen molar-refractivity contribution in [3.8, 4) is 0 Å². The SMILES string of the molecule is C=CCCCCCCCCCCCCCCC=CCCCCCCCCCCCCCCC. The highest BCUT2D eigenvalue weighted by Crippen LogP contribution is 2.14. The first kappa shape index (κ1) is 32.5. The van der Waals surface area contributed by atoms with Crippen molar-refractivity contribution in [2.45, 2.75) is 187 Å². The number of unbranched alkanes of at least 4 members (excludes halogenated alkanes) is 26. The van der Waals surface area contributed by atoms with Gasteiger partial charge < -0.3 is 0 Å². The third kappa shape index (κ3) is 31.5. The van der Waals surface area contributed by atoms with Gasteiger partial charge in [0.25, 0.3) is 0 Å². The zero-order valence-electron chi connectivity index (χ0n) is 23.2. The molecule has 0 aliphatic heterocycles. The van der Waals surface area contributed by atoms with Gasteiger partial charge in [0.1, 0.15) is 0 Å². The average molecular weight is 461 g/mol. The molecule has 0 nitrogen and oxygen atoms in total. The van der Waals surface area contributed by atoms with Crippen LogP contribution >= 0.6 is 0 Å². The maximum Gasteiger partial charge on any atom is -0.0351 e. The normalized spacial score (nSPS) is 11.5. The van der Waals surface area contributed by atoms with Crippen LogP contribution in [0.3, 0.4) is 0 Å². The van der Waals surface area contributed by atoms with E-state index >= 15 is 0 Å². The molecule has 0 aliphatic carbocycles. The Hall–Kier alpha value is -0.520. The lowest BCUT2D eigenvalue weighted by atomic mass is 10.0. The molecule has 0 aromatic carbocycles. The van der Waals surface area contributed by atoms with Gasteiger partial charge in [-0.2, -0.15) is 0 Å². The Morgan fingerprint density at radius 1 is 0.333 bits per heavy atom. The topological polar surface area (TPSA) is 0 Å². The summed E-state index contributed by atoms with van der Waals surface area (Å²) in [5.41, 5.74) is 0. The summed E-state index contributed by atoms with van der Waals surface area (Å²) in [4.78, 5) is 0. The van der Waals surface area contributed by atoms with Crippen molar-refractivity contribution in [2.75, 3.05) is 0 Å². The van der Waals surface area contributed by atoms with Gasteiger partial charge in [0.15, 0.2) is 0 Å². The second-order valence-electron chi connectivity index (χ2n) is 10.6. The zero-order chi connectivity index (χ0) is 23.9. The molecule has 0 unspecified atom stereocenters. The molecule has 0 aliphatic rings. The van der Waals surface area contributed by atoms with Gasteiger partial charge in [-0.15, -0.1) is 6.58 Å². The molecule has 0 heteroatoms. The summed E-state index contributed by atoms with van der Waals surface area (Å²) in [5.74, 6) is 0. The summed E-state index contributed by atoms with van der Waals surface area (Å²) in [6.45, 7) is 6.10. The molecule has 0 saturated heterocycles. The molecule has 0 atom stereocenters. The van der Waals surface area contributed by atoms with Crippen LogP contribution in [-0.2, 0) is 0 Å². The highest BCUT2D eigenvalue weighted by molar-refractivity contribution is 4.81. The number of hydrogen-bond acceptors (Lipinski definition) is 0. The second kappa shape index (κ2) is 31.5. The molecule has 0 radical (unpaired) electrons. The minimum atomic E-state index is 1.20. The molecule has 0 spiro atoms. The first-order chi connectivity index (χ1) is 16.4. The fraction of sp³-hybridized carbons (Fsp3) is 0.879. The van der Waals surface area contributed by atoms with Crippen LogP contribution in [0.25, 0.3) is 0 Å². The molecule has 0 rings (SSSR count). The minimum absolute atomic E-state index is 1.20. The lowest BCUT2D eigenvalue weighted by molar-refractivity contribution is 0.539. The lowest BCUT2D eigenvalue weighted by Gasteiger charge is -2.03. The first-order valence-corrected chi connectivity index (χ1v) is 15.7. The first-order valence-electron chi connectivity index (χ1n) is 15.7. The Bertz CT molecular complexity index is 366. The van der Waals surface area contributed by atoms with Gasteiger partial charge in [-0.25, -0.2) is 0 Å². The smallest absolute Gasteiger partial charge is 0.0351 e. The van der Waals surface area contributed by atoms with Crippen LogP contribution in [0.2, 0.25) is 0 Å². The molecule has 0 heterocycles. The van der Waals surface area contributed by atoms with E-state index in [1.807, 2.05) is 0 Å². The van der Waals surface area contributed by atoms with Crippen molar-refractivity contribution in [3.63, 3.8) is 0 Å². The summed E-state index contributed by atoms with van der Waals surface area (Å²) in [6, 6.07) is 0.